The van der Waals surface area contributed by atoms with Gasteiger partial charge in [-0.05, 0) is 61.4 Å². The SMILES string of the molecule is CN(C)c1ccc(/N=N/c2ccc(NC(=O)CCCCCCC(=O)NO)cc2)cc1. The molecule has 0 spiro atoms. The van der Waals surface area contributed by atoms with Crippen molar-refractivity contribution in [2.45, 2.75) is 38.5 Å². The summed E-state index contributed by atoms with van der Waals surface area (Å²) >= 11 is 0. The second kappa shape index (κ2) is 12.3. The van der Waals surface area contributed by atoms with Gasteiger partial charge >= 0.3 is 0 Å². The summed E-state index contributed by atoms with van der Waals surface area (Å²) in [6.45, 7) is 0. The molecule has 0 aliphatic rings. The van der Waals surface area contributed by atoms with E-state index in [0.717, 1.165) is 30.6 Å². The van der Waals surface area contributed by atoms with Crippen molar-refractivity contribution >= 4 is 34.6 Å². The van der Waals surface area contributed by atoms with Gasteiger partial charge in [0.05, 0.1) is 11.4 Å². The molecule has 2 amide bonds. The second-order valence-corrected chi connectivity index (χ2v) is 7.16. The zero-order valence-corrected chi connectivity index (χ0v) is 17.5. The highest BCUT2D eigenvalue weighted by Gasteiger charge is 2.04. The fourth-order valence-electron chi connectivity index (χ4n) is 2.75. The van der Waals surface area contributed by atoms with E-state index < -0.39 is 0 Å². The molecule has 160 valence electrons. The first-order valence-electron chi connectivity index (χ1n) is 10.00. The molecular weight excluding hydrogens is 382 g/mol. The lowest BCUT2D eigenvalue weighted by atomic mass is 10.1. The lowest BCUT2D eigenvalue weighted by Crippen LogP contribution is -2.17. The van der Waals surface area contributed by atoms with Crippen molar-refractivity contribution in [1.29, 1.82) is 0 Å². The van der Waals surface area contributed by atoms with Crippen LogP contribution in [0.5, 0.6) is 0 Å². The Hall–Kier alpha value is -3.26. The Balaban J connectivity index is 1.72. The van der Waals surface area contributed by atoms with Crippen LogP contribution in [0.3, 0.4) is 0 Å². The van der Waals surface area contributed by atoms with E-state index in [0.29, 0.717) is 30.6 Å². The van der Waals surface area contributed by atoms with Gasteiger partial charge < -0.3 is 10.2 Å². The first-order chi connectivity index (χ1) is 14.5. The van der Waals surface area contributed by atoms with Gasteiger partial charge in [-0.3, -0.25) is 14.8 Å². The molecule has 0 heterocycles. The molecular formula is C22H29N5O3. The molecule has 0 aromatic heterocycles. The van der Waals surface area contributed by atoms with Crippen LogP contribution in [0.15, 0.2) is 58.8 Å². The van der Waals surface area contributed by atoms with Gasteiger partial charge in [0.15, 0.2) is 0 Å². The van der Waals surface area contributed by atoms with E-state index >= 15 is 0 Å². The normalized spacial score (nSPS) is 10.8. The van der Waals surface area contributed by atoms with Crippen LogP contribution in [-0.2, 0) is 9.59 Å². The summed E-state index contributed by atoms with van der Waals surface area (Å²) < 4.78 is 0. The Morgan fingerprint density at radius 2 is 1.30 bits per heavy atom. The molecule has 0 bridgehead atoms. The molecule has 0 atom stereocenters. The Kier molecular flexibility index (Phi) is 9.47. The number of carbonyl (C=O) groups excluding carboxylic acids is 2. The van der Waals surface area contributed by atoms with Gasteiger partial charge in [-0.15, -0.1) is 0 Å². The minimum absolute atomic E-state index is 0.0431. The van der Waals surface area contributed by atoms with Gasteiger partial charge in [0, 0.05) is 38.3 Å². The first-order valence-corrected chi connectivity index (χ1v) is 10.00. The highest BCUT2D eigenvalue weighted by molar-refractivity contribution is 5.90. The number of hydroxylamine groups is 1. The minimum Gasteiger partial charge on any atom is -0.378 e. The predicted octanol–water partition coefficient (Wildman–Crippen LogP) is 4.95. The number of nitrogens with zero attached hydrogens (tertiary/aromatic N) is 3. The number of benzene rings is 2. The number of hydrogen-bond acceptors (Lipinski definition) is 6. The number of hydrogen-bond donors (Lipinski definition) is 3. The van der Waals surface area contributed by atoms with Crippen LogP contribution in [0.1, 0.15) is 38.5 Å². The van der Waals surface area contributed by atoms with Gasteiger partial charge in [0.1, 0.15) is 0 Å². The maximum absolute atomic E-state index is 12.0. The summed E-state index contributed by atoms with van der Waals surface area (Å²) in [7, 11) is 3.97. The van der Waals surface area contributed by atoms with Crippen LogP contribution in [-0.4, -0.2) is 31.1 Å². The molecule has 0 unspecified atom stereocenters. The van der Waals surface area contributed by atoms with E-state index in [1.165, 1.54) is 0 Å². The van der Waals surface area contributed by atoms with Gasteiger partial charge in [-0.1, -0.05) is 12.8 Å². The van der Waals surface area contributed by atoms with Gasteiger partial charge in [-0.2, -0.15) is 10.2 Å². The standard InChI is InChI=1S/C22H29N5O3/c1-27(2)20-15-13-19(14-16-20)25-24-18-11-9-17(10-12-18)23-21(28)7-5-3-4-6-8-22(29)26-30/h9-16,30H,3-8H2,1-2H3,(H,23,28)(H,26,29)/b25-24+. The van der Waals surface area contributed by atoms with E-state index in [1.807, 2.05) is 43.3 Å². The zero-order chi connectivity index (χ0) is 21.8. The molecule has 3 N–H and O–H groups in total. The van der Waals surface area contributed by atoms with Crippen LogP contribution >= 0.6 is 0 Å². The number of anilines is 2. The molecule has 2 rings (SSSR count). The number of unbranched alkanes of at least 4 members (excludes halogenated alkanes) is 3. The van der Waals surface area contributed by atoms with Crippen LogP contribution in [0.4, 0.5) is 22.7 Å². The van der Waals surface area contributed by atoms with Crippen LogP contribution < -0.4 is 15.7 Å². The van der Waals surface area contributed by atoms with Crippen LogP contribution in [0, 0.1) is 0 Å². The topological polar surface area (TPSA) is 106 Å². The third kappa shape index (κ3) is 8.40. The molecule has 0 radical (unpaired) electrons. The first kappa shape index (κ1) is 23.0. The monoisotopic (exact) mass is 411 g/mol. The highest BCUT2D eigenvalue weighted by atomic mass is 16.5. The molecule has 0 aliphatic heterocycles. The number of nitrogens with one attached hydrogen (secondary N) is 2. The Morgan fingerprint density at radius 1 is 0.800 bits per heavy atom. The maximum Gasteiger partial charge on any atom is 0.243 e. The van der Waals surface area contributed by atoms with Crippen molar-refractivity contribution in [3.05, 3.63) is 48.5 Å². The molecule has 0 aliphatic carbocycles. The van der Waals surface area contributed by atoms with Crippen molar-refractivity contribution in [1.82, 2.24) is 5.48 Å². The van der Waals surface area contributed by atoms with Crippen LogP contribution in [0.2, 0.25) is 0 Å². The summed E-state index contributed by atoms with van der Waals surface area (Å²) in [5, 5.41) is 19.7. The molecule has 0 fully saturated rings. The molecule has 30 heavy (non-hydrogen) atoms. The smallest absolute Gasteiger partial charge is 0.243 e. The highest BCUT2D eigenvalue weighted by Crippen LogP contribution is 2.22. The zero-order valence-electron chi connectivity index (χ0n) is 17.5. The predicted molar refractivity (Wildman–Crippen MR) is 118 cm³/mol. The van der Waals surface area contributed by atoms with Gasteiger partial charge in [-0.25, -0.2) is 5.48 Å². The quantitative estimate of drug-likeness (QED) is 0.210. The maximum atomic E-state index is 12.0. The number of amides is 2. The fraction of sp³-hybridized carbons (Fsp3) is 0.364. The molecule has 0 saturated heterocycles. The average molecular weight is 412 g/mol. The second-order valence-electron chi connectivity index (χ2n) is 7.16. The molecule has 8 nitrogen and oxygen atoms in total. The average Bonchev–Trinajstić information content (AvgIpc) is 2.75. The van der Waals surface area contributed by atoms with Gasteiger partial charge in [0.2, 0.25) is 11.8 Å². The van der Waals surface area contributed by atoms with E-state index in [2.05, 4.69) is 15.5 Å². The van der Waals surface area contributed by atoms with Crippen molar-refractivity contribution < 1.29 is 14.8 Å². The number of azo groups is 1. The Bertz CT molecular complexity index is 833. The van der Waals surface area contributed by atoms with Crippen molar-refractivity contribution in [2.75, 3.05) is 24.3 Å². The minimum atomic E-state index is -0.377. The summed E-state index contributed by atoms with van der Waals surface area (Å²) in [5.41, 5.74) is 4.90. The number of rotatable bonds is 11. The summed E-state index contributed by atoms with van der Waals surface area (Å²) in [6, 6.07) is 15.0. The van der Waals surface area contributed by atoms with E-state index in [1.54, 1.807) is 29.7 Å². The molecule has 8 heteroatoms. The summed E-state index contributed by atoms with van der Waals surface area (Å²) in [5.74, 6) is -0.420. The van der Waals surface area contributed by atoms with E-state index in [-0.39, 0.29) is 11.8 Å². The molecule has 2 aromatic carbocycles. The molecule has 2 aromatic rings. The lowest BCUT2D eigenvalue weighted by molar-refractivity contribution is -0.129. The Morgan fingerprint density at radius 3 is 1.80 bits per heavy atom. The van der Waals surface area contributed by atoms with Crippen molar-refractivity contribution in [3.63, 3.8) is 0 Å². The largest absolute Gasteiger partial charge is 0.378 e. The van der Waals surface area contributed by atoms with Crippen molar-refractivity contribution in [2.24, 2.45) is 10.2 Å². The number of carbonyl (C=O) groups is 2. The van der Waals surface area contributed by atoms with Crippen molar-refractivity contribution in [3.8, 4) is 0 Å². The molecule has 0 saturated carbocycles. The van der Waals surface area contributed by atoms with E-state index in [4.69, 9.17) is 5.21 Å². The lowest BCUT2D eigenvalue weighted by Gasteiger charge is -2.11. The third-order valence-corrected chi connectivity index (χ3v) is 4.48. The summed E-state index contributed by atoms with van der Waals surface area (Å²) in [6.07, 6.45) is 3.89. The fourth-order valence-corrected chi connectivity index (χ4v) is 2.75. The van der Waals surface area contributed by atoms with Crippen LogP contribution in [0.25, 0.3) is 0 Å². The summed E-state index contributed by atoms with van der Waals surface area (Å²) in [4.78, 5) is 24.9. The third-order valence-electron chi connectivity index (χ3n) is 4.48. The van der Waals surface area contributed by atoms with Gasteiger partial charge in [0.25, 0.3) is 0 Å². The Labute approximate surface area is 177 Å². The van der Waals surface area contributed by atoms with E-state index in [9.17, 15) is 9.59 Å².